The fourth-order valence-electron chi connectivity index (χ4n) is 3.03. The molecule has 2 heterocycles. The van der Waals surface area contributed by atoms with Crippen molar-refractivity contribution in [3.63, 3.8) is 0 Å². The summed E-state index contributed by atoms with van der Waals surface area (Å²) in [6.45, 7) is 12.7. The summed E-state index contributed by atoms with van der Waals surface area (Å²) in [4.78, 5) is 14.4. The summed E-state index contributed by atoms with van der Waals surface area (Å²) in [5.41, 5.74) is 4.53. The molecule has 1 aromatic carbocycles. The fraction of sp³-hybridized carbons (Fsp3) is 0.500. The molecule has 0 saturated carbocycles. The minimum atomic E-state index is 0.332. The van der Waals surface area contributed by atoms with E-state index < -0.39 is 0 Å². The van der Waals surface area contributed by atoms with Crippen LogP contribution in [0.15, 0.2) is 12.1 Å². The van der Waals surface area contributed by atoms with Crippen molar-refractivity contribution < 1.29 is 0 Å². The second-order valence-corrected chi connectivity index (χ2v) is 5.50. The van der Waals surface area contributed by atoms with E-state index in [-0.39, 0.29) is 0 Å². The Labute approximate surface area is 120 Å². The number of anilines is 2. The molecule has 0 amide bonds. The molecular weight excluding hydrogens is 248 g/mol. The van der Waals surface area contributed by atoms with Crippen molar-refractivity contribution in [2.75, 3.05) is 22.9 Å². The standard InChI is InChI=1S/C16H22N4/c1-6-19-12(5)20(7-2)16-15(19)17-13-8-10(3)11(4)9-14(13)18-16/h8-9,12H,6-7H2,1-5H3. The molecule has 3 rings (SSSR count). The SMILES string of the molecule is CCN1c2nc3cc(C)c(C)cc3nc2N(CC)C1C. The Morgan fingerprint density at radius 1 is 0.900 bits per heavy atom. The topological polar surface area (TPSA) is 32.3 Å². The van der Waals surface area contributed by atoms with Crippen LogP contribution in [0, 0.1) is 13.8 Å². The maximum atomic E-state index is 4.88. The summed E-state index contributed by atoms with van der Waals surface area (Å²) in [5.74, 6) is 2.05. The predicted octanol–water partition coefficient (Wildman–Crippen LogP) is 3.26. The van der Waals surface area contributed by atoms with Crippen molar-refractivity contribution in [3.8, 4) is 0 Å². The molecule has 0 N–H and O–H groups in total. The van der Waals surface area contributed by atoms with Gasteiger partial charge in [0.1, 0.15) is 6.17 Å². The lowest BCUT2D eigenvalue weighted by Crippen LogP contribution is -2.40. The molecule has 20 heavy (non-hydrogen) atoms. The number of aromatic nitrogens is 2. The van der Waals surface area contributed by atoms with E-state index in [4.69, 9.17) is 9.97 Å². The highest BCUT2D eigenvalue weighted by molar-refractivity contribution is 5.84. The zero-order valence-electron chi connectivity index (χ0n) is 12.9. The molecule has 0 aliphatic carbocycles. The number of hydrogen-bond acceptors (Lipinski definition) is 4. The molecule has 0 spiro atoms. The second-order valence-electron chi connectivity index (χ2n) is 5.50. The summed E-state index contributed by atoms with van der Waals surface area (Å²) in [5, 5.41) is 0. The first kappa shape index (κ1) is 13.2. The average Bonchev–Trinajstić information content (AvgIpc) is 2.68. The van der Waals surface area contributed by atoms with Crippen LogP contribution in [0.1, 0.15) is 31.9 Å². The van der Waals surface area contributed by atoms with Gasteiger partial charge in [-0.3, -0.25) is 0 Å². The largest absolute Gasteiger partial charge is 0.334 e. The number of aryl methyl sites for hydroxylation is 2. The molecule has 0 saturated heterocycles. The second kappa shape index (κ2) is 4.62. The Kier molecular flexibility index (Phi) is 3.04. The molecular formula is C16H22N4. The van der Waals surface area contributed by atoms with Gasteiger partial charge in [0.25, 0.3) is 0 Å². The van der Waals surface area contributed by atoms with Crippen LogP contribution in [0.5, 0.6) is 0 Å². The Morgan fingerprint density at radius 3 is 1.65 bits per heavy atom. The van der Waals surface area contributed by atoms with Gasteiger partial charge in [0.05, 0.1) is 11.0 Å². The fourth-order valence-corrected chi connectivity index (χ4v) is 3.03. The lowest BCUT2D eigenvalue weighted by molar-refractivity contribution is 0.638. The molecule has 0 unspecified atom stereocenters. The number of hydrogen-bond donors (Lipinski definition) is 0. The Balaban J connectivity index is 2.25. The highest BCUT2D eigenvalue weighted by Gasteiger charge is 2.33. The first-order valence-corrected chi connectivity index (χ1v) is 7.39. The van der Waals surface area contributed by atoms with Crippen LogP contribution in [0.2, 0.25) is 0 Å². The van der Waals surface area contributed by atoms with Gasteiger partial charge in [-0.2, -0.15) is 0 Å². The molecule has 0 fully saturated rings. The van der Waals surface area contributed by atoms with Crippen molar-refractivity contribution in [2.45, 2.75) is 40.8 Å². The predicted molar refractivity (Wildman–Crippen MR) is 84.5 cm³/mol. The third-order valence-corrected chi connectivity index (χ3v) is 4.37. The van der Waals surface area contributed by atoms with Gasteiger partial charge < -0.3 is 9.80 Å². The molecule has 1 aliphatic rings. The van der Waals surface area contributed by atoms with Crippen molar-refractivity contribution in [1.82, 2.24) is 9.97 Å². The molecule has 106 valence electrons. The van der Waals surface area contributed by atoms with Crippen molar-refractivity contribution in [3.05, 3.63) is 23.3 Å². The molecule has 1 aliphatic heterocycles. The molecule has 0 radical (unpaired) electrons. The van der Waals surface area contributed by atoms with E-state index in [1.165, 1.54) is 11.1 Å². The quantitative estimate of drug-likeness (QED) is 0.838. The van der Waals surface area contributed by atoms with E-state index in [1.807, 2.05) is 0 Å². The van der Waals surface area contributed by atoms with Gasteiger partial charge in [0.15, 0.2) is 11.6 Å². The summed E-state index contributed by atoms with van der Waals surface area (Å²) >= 11 is 0. The Bertz CT molecular complexity index is 609. The van der Waals surface area contributed by atoms with Crippen LogP contribution in [-0.4, -0.2) is 29.2 Å². The normalized spacial score (nSPS) is 15.2. The van der Waals surface area contributed by atoms with Gasteiger partial charge in [0, 0.05) is 13.1 Å². The lowest BCUT2D eigenvalue weighted by Gasteiger charge is -2.26. The summed E-state index contributed by atoms with van der Waals surface area (Å²) in [6.07, 6.45) is 0.332. The van der Waals surface area contributed by atoms with Crippen LogP contribution in [-0.2, 0) is 0 Å². The van der Waals surface area contributed by atoms with E-state index in [2.05, 4.69) is 56.6 Å². The number of nitrogens with zero attached hydrogens (tertiary/aromatic N) is 4. The molecule has 2 aromatic rings. The molecule has 0 bridgehead atoms. The van der Waals surface area contributed by atoms with Crippen molar-refractivity contribution >= 4 is 22.7 Å². The van der Waals surface area contributed by atoms with Crippen LogP contribution in [0.25, 0.3) is 11.0 Å². The van der Waals surface area contributed by atoms with E-state index in [9.17, 15) is 0 Å². The minimum Gasteiger partial charge on any atom is -0.334 e. The van der Waals surface area contributed by atoms with Crippen molar-refractivity contribution in [1.29, 1.82) is 0 Å². The smallest absolute Gasteiger partial charge is 0.174 e. The van der Waals surface area contributed by atoms with Gasteiger partial charge in [-0.1, -0.05) is 0 Å². The zero-order chi connectivity index (χ0) is 14.4. The van der Waals surface area contributed by atoms with Crippen molar-refractivity contribution in [2.24, 2.45) is 0 Å². The average molecular weight is 270 g/mol. The number of rotatable bonds is 2. The van der Waals surface area contributed by atoms with E-state index >= 15 is 0 Å². The van der Waals surface area contributed by atoms with Crippen LogP contribution >= 0.6 is 0 Å². The Hall–Kier alpha value is -1.84. The molecule has 0 atom stereocenters. The van der Waals surface area contributed by atoms with Gasteiger partial charge in [-0.05, 0) is 57.9 Å². The first-order valence-electron chi connectivity index (χ1n) is 7.39. The molecule has 1 aromatic heterocycles. The van der Waals surface area contributed by atoms with E-state index in [0.29, 0.717) is 6.17 Å². The Morgan fingerprint density at radius 2 is 1.30 bits per heavy atom. The number of fused-ring (bicyclic) bond motifs is 2. The van der Waals surface area contributed by atoms with Gasteiger partial charge in [-0.25, -0.2) is 9.97 Å². The van der Waals surface area contributed by atoms with Crippen LogP contribution < -0.4 is 9.80 Å². The lowest BCUT2D eigenvalue weighted by atomic mass is 10.1. The monoisotopic (exact) mass is 270 g/mol. The highest BCUT2D eigenvalue weighted by atomic mass is 15.5. The van der Waals surface area contributed by atoms with Gasteiger partial charge in [0.2, 0.25) is 0 Å². The molecule has 4 nitrogen and oxygen atoms in total. The van der Waals surface area contributed by atoms with Gasteiger partial charge in [-0.15, -0.1) is 0 Å². The van der Waals surface area contributed by atoms with E-state index in [0.717, 1.165) is 35.8 Å². The van der Waals surface area contributed by atoms with Crippen LogP contribution in [0.4, 0.5) is 11.6 Å². The summed E-state index contributed by atoms with van der Waals surface area (Å²) in [6, 6.07) is 4.29. The van der Waals surface area contributed by atoms with Crippen LogP contribution in [0.3, 0.4) is 0 Å². The van der Waals surface area contributed by atoms with E-state index in [1.54, 1.807) is 0 Å². The molecule has 4 heteroatoms. The highest BCUT2D eigenvalue weighted by Crippen LogP contribution is 2.37. The first-order chi connectivity index (χ1) is 9.56. The number of benzene rings is 1. The summed E-state index contributed by atoms with van der Waals surface area (Å²) < 4.78 is 0. The third kappa shape index (κ3) is 1.74. The van der Waals surface area contributed by atoms with Gasteiger partial charge >= 0.3 is 0 Å². The summed E-state index contributed by atoms with van der Waals surface area (Å²) in [7, 11) is 0. The maximum Gasteiger partial charge on any atom is 0.174 e. The maximum absolute atomic E-state index is 4.88. The minimum absolute atomic E-state index is 0.332. The third-order valence-electron chi connectivity index (χ3n) is 4.37. The zero-order valence-corrected chi connectivity index (χ0v) is 12.9.